The number of fused-ring (bicyclic) bond motifs is 5. The highest BCUT2D eigenvalue weighted by atomic mass is 16.5. The molecule has 1 aliphatic heterocycles. The Labute approximate surface area is 374 Å². The third kappa shape index (κ3) is 6.12. The maximum absolute atomic E-state index is 7.26. The van der Waals surface area contributed by atoms with Crippen molar-refractivity contribution in [3.05, 3.63) is 242 Å². The summed E-state index contributed by atoms with van der Waals surface area (Å²) in [5, 5.41) is 2.23. The van der Waals surface area contributed by atoms with Crippen LogP contribution in [0.5, 0.6) is 11.5 Å². The van der Waals surface area contributed by atoms with Crippen LogP contribution in [0.4, 0.5) is 34.1 Å². The van der Waals surface area contributed by atoms with E-state index in [0.29, 0.717) is 0 Å². The zero-order valence-electron chi connectivity index (χ0n) is 35.7. The van der Waals surface area contributed by atoms with Gasteiger partial charge in [0.1, 0.15) is 5.75 Å². The maximum atomic E-state index is 7.26. The van der Waals surface area contributed by atoms with Crippen LogP contribution in [0.2, 0.25) is 0 Å². The summed E-state index contributed by atoms with van der Waals surface area (Å²) in [6.45, 7) is 4.70. The van der Waals surface area contributed by atoms with E-state index in [0.717, 1.165) is 73.1 Å². The van der Waals surface area contributed by atoms with Gasteiger partial charge in [0.2, 0.25) is 0 Å². The van der Waals surface area contributed by atoms with Gasteiger partial charge in [-0.3, -0.25) is 0 Å². The van der Waals surface area contributed by atoms with Crippen molar-refractivity contribution in [3.63, 3.8) is 0 Å². The fourth-order valence-corrected chi connectivity index (χ4v) is 10.1. The van der Waals surface area contributed by atoms with Crippen molar-refractivity contribution < 1.29 is 4.74 Å². The lowest BCUT2D eigenvalue weighted by Gasteiger charge is -2.33. The van der Waals surface area contributed by atoms with E-state index >= 15 is 0 Å². The van der Waals surface area contributed by atoms with Crippen LogP contribution in [0.1, 0.15) is 25.0 Å². The Balaban J connectivity index is 1.03. The zero-order valence-corrected chi connectivity index (χ0v) is 35.7. The molecule has 0 amide bonds. The summed E-state index contributed by atoms with van der Waals surface area (Å²) in [5.41, 5.74) is 18.4. The Morgan fingerprint density at radius 3 is 1.58 bits per heavy atom. The van der Waals surface area contributed by atoms with Gasteiger partial charge in [-0.2, -0.15) is 0 Å². The van der Waals surface area contributed by atoms with E-state index in [2.05, 4.69) is 254 Å². The van der Waals surface area contributed by atoms with Crippen molar-refractivity contribution >= 4 is 44.9 Å². The number of benzene rings is 10. The molecule has 1 heterocycles. The summed E-state index contributed by atoms with van der Waals surface area (Å²) in [4.78, 5) is 4.74. The normalized spacial score (nSPS) is 12.8. The van der Waals surface area contributed by atoms with E-state index in [-0.39, 0.29) is 5.41 Å². The molecule has 0 bridgehead atoms. The van der Waals surface area contributed by atoms with E-state index in [4.69, 9.17) is 4.74 Å². The van der Waals surface area contributed by atoms with Crippen LogP contribution in [0.15, 0.2) is 231 Å². The molecule has 0 saturated heterocycles. The molecule has 64 heavy (non-hydrogen) atoms. The summed E-state index contributed by atoms with van der Waals surface area (Å²) in [7, 11) is 0. The molecule has 10 aromatic rings. The van der Waals surface area contributed by atoms with Crippen LogP contribution in [-0.4, -0.2) is 0 Å². The molecule has 0 spiro atoms. The molecule has 0 aromatic heterocycles. The minimum absolute atomic E-state index is 0.158. The van der Waals surface area contributed by atoms with Crippen molar-refractivity contribution in [1.29, 1.82) is 0 Å². The molecule has 0 radical (unpaired) electrons. The molecule has 3 nitrogen and oxygen atoms in total. The predicted octanol–water partition coefficient (Wildman–Crippen LogP) is 17.2. The zero-order chi connectivity index (χ0) is 42.8. The molecule has 12 rings (SSSR count). The van der Waals surface area contributed by atoms with Gasteiger partial charge in [-0.1, -0.05) is 178 Å². The Morgan fingerprint density at radius 2 is 0.891 bits per heavy atom. The highest BCUT2D eigenvalue weighted by Gasteiger charge is 2.38. The van der Waals surface area contributed by atoms with Crippen LogP contribution in [0.25, 0.3) is 55.3 Å². The SMILES string of the molecule is CC1(C)c2ccccc2-c2c(N(c3ccc(-c4ccc(-c5ccccc5)cc4)cc3)c3ccc4cccc5c4c3Oc3ccc(N(c4ccccc4)c4ccccc4)cc3-5)cccc21. The van der Waals surface area contributed by atoms with Gasteiger partial charge in [0.25, 0.3) is 0 Å². The Kier molecular flexibility index (Phi) is 8.84. The van der Waals surface area contributed by atoms with Gasteiger partial charge in [-0.25, -0.2) is 0 Å². The fraction of sp³-hybridized carbons (Fsp3) is 0.0492. The summed E-state index contributed by atoms with van der Waals surface area (Å²) in [6, 6.07) is 83.0. The molecule has 304 valence electrons. The molecule has 0 unspecified atom stereocenters. The van der Waals surface area contributed by atoms with Crippen molar-refractivity contribution in [2.75, 3.05) is 9.80 Å². The Hall–Kier alpha value is -8.14. The molecule has 2 aliphatic rings. The van der Waals surface area contributed by atoms with Crippen LogP contribution in [-0.2, 0) is 5.41 Å². The van der Waals surface area contributed by atoms with E-state index < -0.39 is 0 Å². The first-order valence-corrected chi connectivity index (χ1v) is 22.1. The minimum atomic E-state index is -0.158. The second-order valence-corrected chi connectivity index (χ2v) is 17.3. The van der Waals surface area contributed by atoms with Gasteiger partial charge in [-0.15, -0.1) is 0 Å². The smallest absolute Gasteiger partial charge is 0.159 e. The van der Waals surface area contributed by atoms with Gasteiger partial charge < -0.3 is 14.5 Å². The topological polar surface area (TPSA) is 15.7 Å². The van der Waals surface area contributed by atoms with Crippen molar-refractivity contribution in [3.8, 4) is 56.0 Å². The number of hydrogen-bond acceptors (Lipinski definition) is 3. The third-order valence-corrected chi connectivity index (χ3v) is 13.2. The Bertz CT molecular complexity index is 3320. The van der Waals surface area contributed by atoms with Crippen molar-refractivity contribution in [2.24, 2.45) is 0 Å². The first-order chi connectivity index (χ1) is 31.5. The van der Waals surface area contributed by atoms with Gasteiger partial charge >= 0.3 is 0 Å². The molecule has 3 heteroatoms. The van der Waals surface area contributed by atoms with Gasteiger partial charge in [-0.05, 0) is 117 Å². The maximum Gasteiger partial charge on any atom is 0.159 e. The third-order valence-electron chi connectivity index (χ3n) is 13.2. The van der Waals surface area contributed by atoms with Crippen LogP contribution < -0.4 is 14.5 Å². The second kappa shape index (κ2) is 15.0. The van der Waals surface area contributed by atoms with E-state index in [1.54, 1.807) is 0 Å². The molecule has 0 N–H and O–H groups in total. The molecule has 1 aliphatic carbocycles. The molecule has 0 fully saturated rings. The van der Waals surface area contributed by atoms with Crippen LogP contribution >= 0.6 is 0 Å². The first-order valence-electron chi connectivity index (χ1n) is 22.1. The average Bonchev–Trinajstić information content (AvgIpc) is 3.60. The average molecular weight is 821 g/mol. The summed E-state index contributed by atoms with van der Waals surface area (Å²) in [5.74, 6) is 1.68. The number of hydrogen-bond donors (Lipinski definition) is 0. The highest BCUT2D eigenvalue weighted by molar-refractivity contribution is 6.09. The standard InChI is InChI=1S/C61H44N2O/c1-61(2)53-25-13-12-23-51(53)59-54(61)26-15-27-55(59)63(48-35-32-44(33-36-48)43-30-28-42(29-31-43)41-16-6-3-7-17-41)56-38-34-45-18-14-24-50-52-40-49(37-39-57(52)64-60(56)58(45)50)62(46-19-8-4-9-20-46)47-21-10-5-11-22-47/h3-40H,1-2H3. The number of ether oxygens (including phenoxy) is 1. The van der Waals surface area contributed by atoms with Crippen molar-refractivity contribution in [1.82, 2.24) is 0 Å². The quantitative estimate of drug-likeness (QED) is 0.152. The lowest BCUT2D eigenvalue weighted by Crippen LogP contribution is -2.16. The van der Waals surface area contributed by atoms with E-state index in [1.807, 2.05) is 0 Å². The molecule has 0 saturated carbocycles. The van der Waals surface area contributed by atoms with Crippen molar-refractivity contribution in [2.45, 2.75) is 19.3 Å². The highest BCUT2D eigenvalue weighted by Crippen LogP contribution is 2.58. The Morgan fingerprint density at radius 1 is 0.359 bits per heavy atom. The molecular formula is C61H44N2O. The number of para-hydroxylation sites is 2. The minimum Gasteiger partial charge on any atom is -0.454 e. The predicted molar refractivity (Wildman–Crippen MR) is 267 cm³/mol. The first kappa shape index (κ1) is 37.6. The number of nitrogens with zero attached hydrogens (tertiary/aromatic N) is 2. The monoisotopic (exact) mass is 820 g/mol. The lowest BCUT2D eigenvalue weighted by atomic mass is 9.82. The van der Waals surface area contributed by atoms with Gasteiger partial charge in [0, 0.05) is 44.7 Å². The summed E-state index contributed by atoms with van der Waals surface area (Å²) >= 11 is 0. The fourth-order valence-electron chi connectivity index (χ4n) is 10.1. The van der Waals surface area contributed by atoms with Crippen LogP contribution in [0, 0.1) is 0 Å². The van der Waals surface area contributed by atoms with Gasteiger partial charge in [0.05, 0.1) is 11.4 Å². The molecular weight excluding hydrogens is 777 g/mol. The van der Waals surface area contributed by atoms with Gasteiger partial charge in [0.15, 0.2) is 5.75 Å². The van der Waals surface area contributed by atoms with E-state index in [9.17, 15) is 0 Å². The second-order valence-electron chi connectivity index (χ2n) is 17.3. The summed E-state index contributed by atoms with van der Waals surface area (Å²) in [6.07, 6.45) is 0. The largest absolute Gasteiger partial charge is 0.454 e. The summed E-state index contributed by atoms with van der Waals surface area (Å²) < 4.78 is 7.26. The number of anilines is 6. The molecule has 0 atom stereocenters. The lowest BCUT2D eigenvalue weighted by molar-refractivity contribution is 0.488. The van der Waals surface area contributed by atoms with E-state index in [1.165, 1.54) is 38.9 Å². The van der Waals surface area contributed by atoms with Crippen LogP contribution in [0.3, 0.4) is 0 Å². The number of rotatable bonds is 8. The molecule has 10 aromatic carbocycles.